The number of anilines is 1. The molecule has 3 rings (SSSR count). The van der Waals surface area contributed by atoms with Crippen LogP contribution in [0.3, 0.4) is 0 Å². The van der Waals surface area contributed by atoms with E-state index in [1.165, 1.54) is 11.9 Å². The van der Waals surface area contributed by atoms with E-state index in [-0.39, 0.29) is 11.7 Å². The predicted octanol–water partition coefficient (Wildman–Crippen LogP) is 3.70. The van der Waals surface area contributed by atoms with E-state index in [0.29, 0.717) is 22.5 Å². The van der Waals surface area contributed by atoms with E-state index in [1.807, 2.05) is 30.3 Å². The summed E-state index contributed by atoms with van der Waals surface area (Å²) in [6.07, 6.45) is 1.81. The van der Waals surface area contributed by atoms with Gasteiger partial charge in [-0.3, -0.25) is 9.59 Å². The molecule has 5 nitrogen and oxygen atoms in total. The maximum absolute atomic E-state index is 12.7. The highest BCUT2D eigenvalue weighted by Gasteiger charge is 2.28. The van der Waals surface area contributed by atoms with Crippen LogP contribution < -0.4 is 9.75 Å². The lowest BCUT2D eigenvalue weighted by molar-refractivity contribution is -0.114. The van der Waals surface area contributed by atoms with Crippen molar-refractivity contribution in [1.29, 1.82) is 0 Å². The minimum atomic E-state index is -0.191. The highest BCUT2D eigenvalue weighted by molar-refractivity contribution is 6.32. The minimum Gasteiger partial charge on any atom is -0.497 e. The van der Waals surface area contributed by atoms with Crippen molar-refractivity contribution in [1.82, 2.24) is 0 Å². The molecule has 0 spiro atoms. The fraction of sp³-hybridized carbons (Fsp3) is 0.150. The van der Waals surface area contributed by atoms with Gasteiger partial charge in [0.25, 0.3) is 5.91 Å². The van der Waals surface area contributed by atoms with Crippen molar-refractivity contribution in [3.05, 3.63) is 65.2 Å². The summed E-state index contributed by atoms with van der Waals surface area (Å²) in [6.45, 7) is 3.31. The predicted molar refractivity (Wildman–Crippen MR) is 98.0 cm³/mol. The average Bonchev–Trinajstić information content (AvgIpc) is 2.90. The fourth-order valence-corrected chi connectivity index (χ4v) is 2.56. The van der Waals surface area contributed by atoms with Crippen LogP contribution in [0.5, 0.6) is 5.75 Å². The molecule has 5 heteroatoms. The third kappa shape index (κ3) is 3.35. The molecule has 1 heterocycles. The van der Waals surface area contributed by atoms with Gasteiger partial charge in [-0.15, -0.1) is 0 Å². The monoisotopic (exact) mass is 334 g/mol. The van der Waals surface area contributed by atoms with Crippen molar-refractivity contribution in [2.45, 2.75) is 13.8 Å². The Morgan fingerprint density at radius 2 is 1.72 bits per heavy atom. The van der Waals surface area contributed by atoms with Gasteiger partial charge < -0.3 is 4.74 Å². The first-order chi connectivity index (χ1) is 12.0. The molecule has 2 aromatic carbocycles. The third-order valence-corrected chi connectivity index (χ3v) is 4.01. The quantitative estimate of drug-likeness (QED) is 0.633. The average molecular weight is 334 g/mol. The first-order valence-corrected chi connectivity index (χ1v) is 7.86. The Labute approximate surface area is 146 Å². The largest absolute Gasteiger partial charge is 0.497 e. The molecule has 0 radical (unpaired) electrons. The van der Waals surface area contributed by atoms with Crippen molar-refractivity contribution >= 4 is 29.2 Å². The van der Waals surface area contributed by atoms with Crippen molar-refractivity contribution in [2.24, 2.45) is 5.10 Å². The molecular weight excluding hydrogens is 316 g/mol. The molecule has 25 heavy (non-hydrogen) atoms. The fourth-order valence-electron chi connectivity index (χ4n) is 2.56. The van der Waals surface area contributed by atoms with Gasteiger partial charge in [-0.1, -0.05) is 12.1 Å². The number of amides is 1. The number of ether oxygens (including phenoxy) is 1. The molecule has 1 aliphatic heterocycles. The summed E-state index contributed by atoms with van der Waals surface area (Å²) >= 11 is 0. The highest BCUT2D eigenvalue weighted by Crippen LogP contribution is 2.25. The molecule has 1 aliphatic rings. The molecule has 2 aromatic rings. The van der Waals surface area contributed by atoms with Crippen LogP contribution in [0.2, 0.25) is 0 Å². The van der Waals surface area contributed by atoms with Gasteiger partial charge in [-0.05, 0) is 61.9 Å². The Balaban J connectivity index is 1.87. The summed E-state index contributed by atoms with van der Waals surface area (Å²) in [4.78, 5) is 24.1. The number of Topliss-reactive ketones (excluding diaryl/α,β-unsaturated/α-hetero) is 1. The Morgan fingerprint density at radius 3 is 2.28 bits per heavy atom. The number of benzene rings is 2. The second-order valence-electron chi connectivity index (χ2n) is 5.74. The number of hydrogen-bond donors (Lipinski definition) is 0. The van der Waals surface area contributed by atoms with Crippen LogP contribution >= 0.6 is 0 Å². The summed E-state index contributed by atoms with van der Waals surface area (Å²) in [5.74, 6) is 0.556. The van der Waals surface area contributed by atoms with E-state index < -0.39 is 0 Å². The second-order valence-corrected chi connectivity index (χ2v) is 5.74. The topological polar surface area (TPSA) is 59.0 Å². The summed E-state index contributed by atoms with van der Waals surface area (Å²) in [5.41, 5.74) is 3.32. The molecule has 126 valence electrons. The number of nitrogens with zero attached hydrogens (tertiary/aromatic N) is 2. The standard InChI is InChI=1S/C20H18N2O3/c1-13-19(12-15-4-10-18(25-3)11-5-15)20(24)22(21-13)17-8-6-16(7-9-17)14(2)23/h4-12H,1-3H3/b19-12+. The van der Waals surface area contributed by atoms with Crippen LogP contribution in [0.15, 0.2) is 59.2 Å². The van der Waals surface area contributed by atoms with Crippen LogP contribution in [0.1, 0.15) is 29.8 Å². The number of rotatable bonds is 4. The second kappa shape index (κ2) is 6.73. The van der Waals surface area contributed by atoms with Crippen LogP contribution in [0.4, 0.5) is 5.69 Å². The van der Waals surface area contributed by atoms with Gasteiger partial charge in [0.05, 0.1) is 24.1 Å². The number of ketones is 1. The molecule has 0 N–H and O–H groups in total. The smallest absolute Gasteiger partial charge is 0.280 e. The first-order valence-electron chi connectivity index (χ1n) is 7.86. The number of methoxy groups -OCH3 is 1. The molecule has 0 saturated heterocycles. The van der Waals surface area contributed by atoms with E-state index in [0.717, 1.165) is 11.3 Å². The summed E-state index contributed by atoms with van der Waals surface area (Å²) < 4.78 is 5.14. The number of carbonyl (C=O) groups excluding carboxylic acids is 2. The molecule has 0 aromatic heterocycles. The molecule has 0 aliphatic carbocycles. The number of hydrogen-bond acceptors (Lipinski definition) is 4. The first kappa shape index (κ1) is 16.6. The Hall–Kier alpha value is -3.21. The summed E-state index contributed by atoms with van der Waals surface area (Å²) in [7, 11) is 1.61. The molecule has 0 atom stereocenters. The van der Waals surface area contributed by atoms with Crippen LogP contribution in [0.25, 0.3) is 6.08 Å². The Kier molecular flexibility index (Phi) is 4.48. The van der Waals surface area contributed by atoms with Crippen molar-refractivity contribution in [3.8, 4) is 5.75 Å². The third-order valence-electron chi connectivity index (χ3n) is 4.01. The minimum absolute atomic E-state index is 0.0147. The Bertz CT molecular complexity index is 878. The molecule has 0 saturated carbocycles. The molecule has 0 unspecified atom stereocenters. The van der Waals surface area contributed by atoms with Gasteiger partial charge in [-0.2, -0.15) is 10.1 Å². The zero-order valence-corrected chi connectivity index (χ0v) is 14.3. The van der Waals surface area contributed by atoms with Crippen molar-refractivity contribution in [3.63, 3.8) is 0 Å². The van der Waals surface area contributed by atoms with E-state index in [4.69, 9.17) is 4.74 Å². The van der Waals surface area contributed by atoms with Crippen molar-refractivity contribution in [2.75, 3.05) is 12.1 Å². The summed E-state index contributed by atoms with van der Waals surface area (Å²) in [5, 5.41) is 5.70. The lowest BCUT2D eigenvalue weighted by Crippen LogP contribution is -2.21. The van der Waals surface area contributed by atoms with Gasteiger partial charge in [-0.25, -0.2) is 0 Å². The Morgan fingerprint density at radius 1 is 1.08 bits per heavy atom. The van der Waals surface area contributed by atoms with E-state index in [9.17, 15) is 9.59 Å². The normalized spacial score (nSPS) is 15.5. The maximum Gasteiger partial charge on any atom is 0.280 e. The van der Waals surface area contributed by atoms with E-state index >= 15 is 0 Å². The summed E-state index contributed by atoms with van der Waals surface area (Å²) in [6, 6.07) is 14.3. The molecule has 0 fully saturated rings. The van der Waals surface area contributed by atoms with Gasteiger partial charge in [0.15, 0.2) is 5.78 Å². The lowest BCUT2D eigenvalue weighted by Gasteiger charge is -2.12. The zero-order chi connectivity index (χ0) is 18.0. The van der Waals surface area contributed by atoms with E-state index in [2.05, 4.69) is 5.10 Å². The SMILES string of the molecule is COc1ccc(/C=C2/C(=O)N(c3ccc(C(C)=O)cc3)N=C2C)cc1. The van der Waals surface area contributed by atoms with Crippen LogP contribution in [-0.2, 0) is 4.79 Å². The van der Waals surface area contributed by atoms with Gasteiger partial charge in [0, 0.05) is 5.56 Å². The molecular formula is C20H18N2O3. The van der Waals surface area contributed by atoms with Gasteiger partial charge in [0.2, 0.25) is 0 Å². The van der Waals surface area contributed by atoms with Crippen LogP contribution in [0, 0.1) is 0 Å². The maximum atomic E-state index is 12.7. The van der Waals surface area contributed by atoms with E-state index in [1.54, 1.807) is 38.3 Å². The van der Waals surface area contributed by atoms with Gasteiger partial charge >= 0.3 is 0 Å². The highest BCUT2D eigenvalue weighted by atomic mass is 16.5. The molecule has 0 bridgehead atoms. The van der Waals surface area contributed by atoms with Crippen molar-refractivity contribution < 1.29 is 14.3 Å². The van der Waals surface area contributed by atoms with Gasteiger partial charge in [0.1, 0.15) is 5.75 Å². The van der Waals surface area contributed by atoms with Crippen LogP contribution in [-0.4, -0.2) is 24.5 Å². The zero-order valence-electron chi connectivity index (χ0n) is 14.3. The lowest BCUT2D eigenvalue weighted by atomic mass is 10.1. The number of carbonyl (C=O) groups is 2. The number of hydrazone groups is 1. The molecule has 1 amide bonds.